The highest BCUT2D eigenvalue weighted by Gasteiger charge is 2.22. The SMILES string of the molecule is CN(Cc1n[nH]c2c1CCCC2)c1cncc(C(=O)N2CCCC2)n1. The van der Waals surface area contributed by atoms with Gasteiger partial charge in [-0.1, -0.05) is 0 Å². The number of amides is 1. The summed E-state index contributed by atoms with van der Waals surface area (Å²) >= 11 is 0. The average Bonchev–Trinajstić information content (AvgIpc) is 3.32. The molecule has 0 radical (unpaired) electrons. The summed E-state index contributed by atoms with van der Waals surface area (Å²) in [4.78, 5) is 25.2. The normalized spacial score (nSPS) is 16.8. The Bertz CT molecular complexity index is 765. The fourth-order valence-electron chi connectivity index (χ4n) is 3.71. The third kappa shape index (κ3) is 3.23. The topological polar surface area (TPSA) is 78.0 Å². The summed E-state index contributed by atoms with van der Waals surface area (Å²) in [7, 11) is 1.97. The Morgan fingerprint density at radius 1 is 1.20 bits per heavy atom. The molecule has 0 bridgehead atoms. The van der Waals surface area contributed by atoms with Crippen molar-refractivity contribution in [3.8, 4) is 0 Å². The van der Waals surface area contributed by atoms with Crippen molar-refractivity contribution in [2.24, 2.45) is 0 Å². The van der Waals surface area contributed by atoms with E-state index in [2.05, 4.69) is 20.2 Å². The first-order valence-corrected chi connectivity index (χ1v) is 9.10. The van der Waals surface area contributed by atoms with Crippen LogP contribution in [-0.2, 0) is 19.4 Å². The molecule has 0 atom stereocenters. The number of nitrogens with one attached hydrogen (secondary N) is 1. The largest absolute Gasteiger partial charge is 0.352 e. The zero-order valence-corrected chi connectivity index (χ0v) is 14.7. The van der Waals surface area contributed by atoms with Crippen LogP contribution in [0, 0.1) is 0 Å². The first kappa shape index (κ1) is 16.1. The molecule has 4 rings (SSSR count). The van der Waals surface area contributed by atoms with Crippen LogP contribution in [0.1, 0.15) is 53.1 Å². The summed E-state index contributed by atoms with van der Waals surface area (Å²) in [6.45, 7) is 2.31. The maximum absolute atomic E-state index is 12.5. The first-order valence-electron chi connectivity index (χ1n) is 9.10. The van der Waals surface area contributed by atoms with E-state index in [0.29, 0.717) is 18.1 Å². The second kappa shape index (κ2) is 6.82. The van der Waals surface area contributed by atoms with Gasteiger partial charge in [-0.25, -0.2) is 4.98 Å². The number of hydrogen-bond donors (Lipinski definition) is 1. The molecular formula is C18H24N6O. The Morgan fingerprint density at radius 3 is 2.84 bits per heavy atom. The number of likely N-dealkylation sites (tertiary alicyclic amines) is 1. The Hall–Kier alpha value is -2.44. The Morgan fingerprint density at radius 2 is 2.00 bits per heavy atom. The van der Waals surface area contributed by atoms with E-state index >= 15 is 0 Å². The van der Waals surface area contributed by atoms with E-state index < -0.39 is 0 Å². The number of anilines is 1. The van der Waals surface area contributed by atoms with Gasteiger partial charge in [0.05, 0.1) is 24.6 Å². The van der Waals surface area contributed by atoms with E-state index in [1.165, 1.54) is 24.1 Å². The Balaban J connectivity index is 1.50. The predicted molar refractivity (Wildman–Crippen MR) is 94.5 cm³/mol. The lowest BCUT2D eigenvalue weighted by Crippen LogP contribution is -2.29. The number of aromatic amines is 1. The van der Waals surface area contributed by atoms with Gasteiger partial charge in [0.1, 0.15) is 11.5 Å². The van der Waals surface area contributed by atoms with Gasteiger partial charge in [0.2, 0.25) is 0 Å². The summed E-state index contributed by atoms with van der Waals surface area (Å²) in [5.41, 5.74) is 4.14. The maximum Gasteiger partial charge on any atom is 0.274 e. The molecule has 0 unspecified atom stereocenters. The highest BCUT2D eigenvalue weighted by Crippen LogP contribution is 2.24. The van der Waals surface area contributed by atoms with E-state index in [-0.39, 0.29) is 5.91 Å². The van der Waals surface area contributed by atoms with Crippen LogP contribution >= 0.6 is 0 Å². The van der Waals surface area contributed by atoms with Crippen LogP contribution in [0.2, 0.25) is 0 Å². The highest BCUT2D eigenvalue weighted by molar-refractivity contribution is 5.92. The standard InChI is InChI=1S/C18H24N6O/c1-23(12-16-13-6-2-3-7-14(13)21-22-16)17-11-19-10-15(20-17)18(25)24-8-4-5-9-24/h10-11H,2-9,12H2,1H3,(H,21,22). The van der Waals surface area contributed by atoms with Crippen LogP contribution in [0.15, 0.2) is 12.4 Å². The quantitative estimate of drug-likeness (QED) is 0.920. The Kier molecular flexibility index (Phi) is 4.38. The summed E-state index contributed by atoms with van der Waals surface area (Å²) in [5, 5.41) is 7.67. The molecule has 7 heteroatoms. The summed E-state index contributed by atoms with van der Waals surface area (Å²) < 4.78 is 0. The number of aryl methyl sites for hydroxylation is 1. The summed E-state index contributed by atoms with van der Waals surface area (Å²) in [6, 6.07) is 0. The number of carbonyl (C=O) groups excluding carboxylic acids is 1. The molecule has 1 N–H and O–H groups in total. The molecule has 0 spiro atoms. The van der Waals surface area contributed by atoms with Gasteiger partial charge in [-0.05, 0) is 44.1 Å². The van der Waals surface area contributed by atoms with E-state index in [4.69, 9.17) is 0 Å². The molecule has 1 fully saturated rings. The van der Waals surface area contributed by atoms with Gasteiger partial charge in [0, 0.05) is 25.8 Å². The van der Waals surface area contributed by atoms with E-state index in [0.717, 1.165) is 44.5 Å². The van der Waals surface area contributed by atoms with Crippen molar-refractivity contribution >= 4 is 11.7 Å². The van der Waals surface area contributed by atoms with Gasteiger partial charge >= 0.3 is 0 Å². The molecule has 7 nitrogen and oxygen atoms in total. The van der Waals surface area contributed by atoms with E-state index in [1.54, 1.807) is 12.4 Å². The van der Waals surface area contributed by atoms with Crippen LogP contribution in [0.5, 0.6) is 0 Å². The van der Waals surface area contributed by atoms with Crippen LogP contribution < -0.4 is 4.90 Å². The van der Waals surface area contributed by atoms with Gasteiger partial charge in [0.25, 0.3) is 5.91 Å². The fraction of sp³-hybridized carbons (Fsp3) is 0.556. The smallest absolute Gasteiger partial charge is 0.274 e. The van der Waals surface area contributed by atoms with Gasteiger partial charge in [0.15, 0.2) is 0 Å². The molecule has 1 saturated heterocycles. The highest BCUT2D eigenvalue weighted by atomic mass is 16.2. The van der Waals surface area contributed by atoms with Crippen LogP contribution in [-0.4, -0.2) is 51.1 Å². The van der Waals surface area contributed by atoms with Gasteiger partial charge < -0.3 is 9.80 Å². The van der Waals surface area contributed by atoms with Crippen molar-refractivity contribution in [1.82, 2.24) is 25.1 Å². The summed E-state index contributed by atoms with van der Waals surface area (Å²) in [5.74, 6) is 0.690. The number of aromatic nitrogens is 4. The molecule has 1 aliphatic carbocycles. The summed E-state index contributed by atoms with van der Waals surface area (Å²) in [6.07, 6.45) is 10.1. The lowest BCUT2D eigenvalue weighted by Gasteiger charge is -2.20. The van der Waals surface area contributed by atoms with Crippen molar-refractivity contribution in [2.45, 2.75) is 45.1 Å². The fourth-order valence-corrected chi connectivity index (χ4v) is 3.71. The third-order valence-corrected chi connectivity index (χ3v) is 5.15. The molecule has 2 aliphatic rings. The molecule has 1 aliphatic heterocycles. The molecule has 0 saturated carbocycles. The minimum absolute atomic E-state index is 0.0163. The van der Waals surface area contributed by atoms with Gasteiger partial charge in [-0.3, -0.25) is 14.9 Å². The number of H-pyrrole nitrogens is 1. The van der Waals surface area contributed by atoms with Crippen molar-refractivity contribution in [3.05, 3.63) is 35.0 Å². The lowest BCUT2D eigenvalue weighted by molar-refractivity contribution is 0.0786. The number of hydrogen-bond acceptors (Lipinski definition) is 5. The second-order valence-electron chi connectivity index (χ2n) is 6.95. The molecule has 25 heavy (non-hydrogen) atoms. The molecular weight excluding hydrogens is 316 g/mol. The monoisotopic (exact) mass is 340 g/mol. The molecule has 1 amide bonds. The van der Waals surface area contributed by atoms with Gasteiger partial charge in [-0.15, -0.1) is 0 Å². The maximum atomic E-state index is 12.5. The minimum atomic E-state index is -0.0163. The number of fused-ring (bicyclic) bond motifs is 1. The predicted octanol–water partition coefficient (Wildman–Crippen LogP) is 1.95. The number of carbonyl (C=O) groups is 1. The number of rotatable bonds is 4. The molecule has 2 aromatic heterocycles. The lowest BCUT2D eigenvalue weighted by atomic mass is 9.96. The second-order valence-corrected chi connectivity index (χ2v) is 6.95. The van der Waals surface area contributed by atoms with Crippen LogP contribution in [0.4, 0.5) is 5.82 Å². The van der Waals surface area contributed by atoms with E-state index in [9.17, 15) is 4.79 Å². The van der Waals surface area contributed by atoms with Crippen molar-refractivity contribution in [1.29, 1.82) is 0 Å². The molecule has 132 valence electrons. The van der Waals surface area contributed by atoms with Crippen molar-refractivity contribution in [3.63, 3.8) is 0 Å². The molecule has 2 aromatic rings. The number of nitrogens with zero attached hydrogens (tertiary/aromatic N) is 5. The van der Waals surface area contributed by atoms with E-state index in [1.807, 2.05) is 16.8 Å². The van der Waals surface area contributed by atoms with Crippen LogP contribution in [0.3, 0.4) is 0 Å². The zero-order chi connectivity index (χ0) is 17.2. The minimum Gasteiger partial charge on any atom is -0.352 e. The van der Waals surface area contributed by atoms with Crippen LogP contribution in [0.25, 0.3) is 0 Å². The Labute approximate surface area is 147 Å². The molecule has 3 heterocycles. The van der Waals surface area contributed by atoms with Crippen molar-refractivity contribution in [2.75, 3.05) is 25.0 Å². The molecule has 0 aromatic carbocycles. The first-order chi connectivity index (χ1) is 12.2. The average molecular weight is 340 g/mol. The zero-order valence-electron chi connectivity index (χ0n) is 14.7. The van der Waals surface area contributed by atoms with Crippen molar-refractivity contribution < 1.29 is 4.79 Å². The third-order valence-electron chi connectivity index (χ3n) is 5.15. The van der Waals surface area contributed by atoms with Gasteiger partial charge in [-0.2, -0.15) is 5.10 Å².